The zero-order valence-corrected chi connectivity index (χ0v) is 11.3. The first-order valence-corrected chi connectivity index (χ1v) is 6.14. The summed E-state index contributed by atoms with van der Waals surface area (Å²) in [4.78, 5) is 11.9. The van der Waals surface area contributed by atoms with E-state index in [0.29, 0.717) is 18.7 Å². The Bertz CT molecular complexity index is 457. The smallest absolute Gasteiger partial charge is 0.251 e. The van der Waals surface area contributed by atoms with Crippen molar-refractivity contribution in [2.45, 2.75) is 6.92 Å². The summed E-state index contributed by atoms with van der Waals surface area (Å²) in [7, 11) is 1.64. The summed E-state index contributed by atoms with van der Waals surface area (Å²) < 4.78 is 5.01. The van der Waals surface area contributed by atoms with E-state index in [9.17, 15) is 4.79 Å². The summed E-state index contributed by atoms with van der Waals surface area (Å²) in [6, 6.07) is 6.96. The van der Waals surface area contributed by atoms with Gasteiger partial charge in [0.05, 0.1) is 6.61 Å². The van der Waals surface area contributed by atoms with Gasteiger partial charge >= 0.3 is 0 Å². The maximum atomic E-state index is 11.9. The average Bonchev–Trinajstić information content (AvgIpc) is 2.43. The zero-order valence-electron chi connectivity index (χ0n) is 11.3. The molecule has 19 heavy (non-hydrogen) atoms. The lowest BCUT2D eigenvalue weighted by Gasteiger charge is -2.11. The van der Waals surface area contributed by atoms with Gasteiger partial charge in [0.25, 0.3) is 5.91 Å². The van der Waals surface area contributed by atoms with Crippen molar-refractivity contribution < 1.29 is 14.6 Å². The third kappa shape index (κ3) is 5.56. The Hall–Kier alpha value is -1.83. The largest absolute Gasteiger partial charge is 0.384 e. The van der Waals surface area contributed by atoms with E-state index in [0.717, 1.165) is 5.56 Å². The fourth-order valence-electron chi connectivity index (χ4n) is 1.56. The molecule has 0 saturated heterocycles. The zero-order chi connectivity index (χ0) is 14.1. The Morgan fingerprint density at radius 3 is 2.68 bits per heavy atom. The molecule has 0 bridgehead atoms. The van der Waals surface area contributed by atoms with E-state index in [4.69, 9.17) is 9.84 Å². The SMILES string of the molecule is COCC(C)CNC(=O)c1ccc(C#CCO)cc1. The summed E-state index contributed by atoms with van der Waals surface area (Å²) in [6.45, 7) is 3.05. The van der Waals surface area contributed by atoms with Crippen LogP contribution in [0.3, 0.4) is 0 Å². The van der Waals surface area contributed by atoms with Crippen LogP contribution in [-0.4, -0.2) is 37.9 Å². The first-order chi connectivity index (χ1) is 9.17. The molecule has 102 valence electrons. The van der Waals surface area contributed by atoms with Crippen LogP contribution in [0.1, 0.15) is 22.8 Å². The van der Waals surface area contributed by atoms with Gasteiger partial charge in [0.1, 0.15) is 6.61 Å². The van der Waals surface area contributed by atoms with Crippen molar-refractivity contribution in [3.05, 3.63) is 35.4 Å². The van der Waals surface area contributed by atoms with Crippen molar-refractivity contribution in [2.75, 3.05) is 26.9 Å². The average molecular weight is 261 g/mol. The number of nitrogens with one attached hydrogen (secondary N) is 1. The van der Waals surface area contributed by atoms with Gasteiger partial charge in [-0.25, -0.2) is 0 Å². The maximum Gasteiger partial charge on any atom is 0.251 e. The van der Waals surface area contributed by atoms with E-state index in [2.05, 4.69) is 17.2 Å². The van der Waals surface area contributed by atoms with Gasteiger partial charge in [-0.05, 0) is 30.2 Å². The van der Waals surface area contributed by atoms with Gasteiger partial charge in [0.15, 0.2) is 0 Å². The predicted molar refractivity (Wildman–Crippen MR) is 73.8 cm³/mol. The molecule has 0 heterocycles. The molecular weight excluding hydrogens is 242 g/mol. The Kier molecular flexibility index (Phi) is 6.65. The molecular formula is C15H19NO3. The maximum absolute atomic E-state index is 11.9. The monoisotopic (exact) mass is 261 g/mol. The second-order valence-electron chi connectivity index (χ2n) is 4.31. The number of rotatable bonds is 5. The highest BCUT2D eigenvalue weighted by atomic mass is 16.5. The molecule has 0 radical (unpaired) electrons. The van der Waals surface area contributed by atoms with Crippen LogP contribution in [0, 0.1) is 17.8 Å². The lowest BCUT2D eigenvalue weighted by Crippen LogP contribution is -2.29. The Morgan fingerprint density at radius 2 is 2.11 bits per heavy atom. The van der Waals surface area contributed by atoms with Gasteiger partial charge in [-0.1, -0.05) is 18.8 Å². The van der Waals surface area contributed by atoms with Crippen LogP contribution >= 0.6 is 0 Å². The molecule has 0 saturated carbocycles. The van der Waals surface area contributed by atoms with E-state index in [1.54, 1.807) is 31.4 Å². The summed E-state index contributed by atoms with van der Waals surface area (Å²) in [5.74, 6) is 5.51. The minimum atomic E-state index is -0.167. The fourth-order valence-corrected chi connectivity index (χ4v) is 1.56. The molecule has 1 rings (SSSR count). The van der Waals surface area contributed by atoms with Crippen molar-refractivity contribution in [3.63, 3.8) is 0 Å². The number of benzene rings is 1. The normalized spacial score (nSPS) is 11.3. The van der Waals surface area contributed by atoms with Crippen LogP contribution in [0.15, 0.2) is 24.3 Å². The molecule has 0 spiro atoms. The van der Waals surface area contributed by atoms with E-state index >= 15 is 0 Å². The molecule has 0 aliphatic heterocycles. The molecule has 1 amide bonds. The van der Waals surface area contributed by atoms with Gasteiger partial charge in [-0.2, -0.15) is 0 Å². The van der Waals surface area contributed by atoms with Crippen LogP contribution in [0.4, 0.5) is 0 Å². The number of ether oxygens (including phenoxy) is 1. The lowest BCUT2D eigenvalue weighted by molar-refractivity contribution is 0.0934. The predicted octanol–water partition coefficient (Wildman–Crippen LogP) is 1.04. The third-order valence-electron chi connectivity index (χ3n) is 2.52. The molecule has 0 aliphatic carbocycles. The number of methoxy groups -OCH3 is 1. The quantitative estimate of drug-likeness (QED) is 0.779. The summed E-state index contributed by atoms with van der Waals surface area (Å²) in [5, 5.41) is 11.4. The van der Waals surface area contributed by atoms with Gasteiger partial charge in [-0.15, -0.1) is 0 Å². The van der Waals surface area contributed by atoms with Crippen molar-refractivity contribution in [2.24, 2.45) is 5.92 Å². The van der Waals surface area contributed by atoms with Crippen LogP contribution < -0.4 is 5.32 Å². The van der Waals surface area contributed by atoms with Gasteiger partial charge in [0, 0.05) is 24.8 Å². The van der Waals surface area contributed by atoms with E-state index in [1.165, 1.54) is 0 Å². The Morgan fingerprint density at radius 1 is 1.42 bits per heavy atom. The highest BCUT2D eigenvalue weighted by molar-refractivity contribution is 5.94. The number of aliphatic hydroxyl groups is 1. The van der Waals surface area contributed by atoms with E-state index in [-0.39, 0.29) is 18.4 Å². The molecule has 1 atom stereocenters. The lowest BCUT2D eigenvalue weighted by atomic mass is 10.1. The molecule has 0 aromatic heterocycles. The van der Waals surface area contributed by atoms with Crippen molar-refractivity contribution >= 4 is 5.91 Å². The van der Waals surface area contributed by atoms with Crippen LogP contribution in [0.2, 0.25) is 0 Å². The molecule has 1 aromatic carbocycles. The van der Waals surface area contributed by atoms with Gasteiger partial charge in [-0.3, -0.25) is 4.79 Å². The third-order valence-corrected chi connectivity index (χ3v) is 2.52. The van der Waals surface area contributed by atoms with Gasteiger partial charge in [0.2, 0.25) is 0 Å². The summed E-state index contributed by atoms with van der Waals surface area (Å²) in [5.41, 5.74) is 1.37. The number of carbonyl (C=O) groups is 1. The minimum Gasteiger partial charge on any atom is -0.384 e. The highest BCUT2D eigenvalue weighted by Gasteiger charge is 2.07. The number of aliphatic hydroxyl groups excluding tert-OH is 1. The minimum absolute atomic E-state index is 0.107. The summed E-state index contributed by atoms with van der Waals surface area (Å²) >= 11 is 0. The van der Waals surface area contributed by atoms with Crippen molar-refractivity contribution in [1.82, 2.24) is 5.32 Å². The second-order valence-corrected chi connectivity index (χ2v) is 4.31. The van der Waals surface area contributed by atoms with Crippen molar-refractivity contribution in [1.29, 1.82) is 0 Å². The summed E-state index contributed by atoms with van der Waals surface area (Å²) in [6.07, 6.45) is 0. The van der Waals surface area contributed by atoms with E-state index in [1.807, 2.05) is 6.92 Å². The van der Waals surface area contributed by atoms with Gasteiger partial charge < -0.3 is 15.2 Å². The van der Waals surface area contributed by atoms with Crippen LogP contribution in [-0.2, 0) is 4.74 Å². The molecule has 0 fully saturated rings. The molecule has 0 aliphatic rings. The van der Waals surface area contributed by atoms with E-state index < -0.39 is 0 Å². The fraction of sp³-hybridized carbons (Fsp3) is 0.400. The number of carbonyl (C=O) groups excluding carboxylic acids is 1. The number of hydrogen-bond donors (Lipinski definition) is 2. The molecule has 4 heteroatoms. The molecule has 4 nitrogen and oxygen atoms in total. The standard InChI is InChI=1S/C15H19NO3/c1-12(11-19-2)10-16-15(18)14-7-5-13(6-8-14)4-3-9-17/h5-8,12,17H,9-11H2,1-2H3,(H,16,18). The van der Waals surface area contributed by atoms with Crippen molar-refractivity contribution in [3.8, 4) is 11.8 Å². The highest BCUT2D eigenvalue weighted by Crippen LogP contribution is 2.03. The first kappa shape index (κ1) is 15.2. The number of hydrogen-bond acceptors (Lipinski definition) is 3. The molecule has 1 aromatic rings. The topological polar surface area (TPSA) is 58.6 Å². The second kappa shape index (κ2) is 8.30. The molecule has 2 N–H and O–H groups in total. The Labute approximate surface area is 113 Å². The number of amides is 1. The van der Waals surface area contributed by atoms with Crippen LogP contribution in [0.25, 0.3) is 0 Å². The Balaban J connectivity index is 2.53. The van der Waals surface area contributed by atoms with Crippen LogP contribution in [0.5, 0.6) is 0 Å². The first-order valence-electron chi connectivity index (χ1n) is 6.14. The molecule has 1 unspecified atom stereocenters.